The van der Waals surface area contributed by atoms with Crippen molar-refractivity contribution in [3.63, 3.8) is 0 Å². The summed E-state index contributed by atoms with van der Waals surface area (Å²) in [6.07, 6.45) is 3.07. The summed E-state index contributed by atoms with van der Waals surface area (Å²) in [4.78, 5) is 4.07. The van der Waals surface area contributed by atoms with Crippen molar-refractivity contribution < 1.29 is 8.42 Å². The van der Waals surface area contributed by atoms with Crippen LogP contribution in [0.3, 0.4) is 0 Å². The Morgan fingerprint density at radius 3 is 2.30 bits per heavy atom. The molecule has 0 amide bonds. The molecule has 7 heteroatoms. The van der Waals surface area contributed by atoms with Crippen molar-refractivity contribution in [3.8, 4) is 5.69 Å². The smallest absolute Gasteiger partial charge is 0.265 e. The predicted molar refractivity (Wildman–Crippen MR) is 88.1 cm³/mol. The summed E-state index contributed by atoms with van der Waals surface area (Å²) in [6, 6.07) is 12.6. The summed E-state index contributed by atoms with van der Waals surface area (Å²) < 4.78 is 29.6. The standard InChI is InChI=1S/C16H16N4O2S/c1-12-16(23(21,22)19-14-8-10-17-11-9-14)13(2)20(18-12)15-6-4-3-5-7-15/h3-11H,1-2H3,(H,17,19). The molecule has 3 aromatic rings. The van der Waals surface area contributed by atoms with E-state index in [0.717, 1.165) is 5.69 Å². The maximum Gasteiger partial charge on any atom is 0.265 e. The molecule has 118 valence electrons. The molecule has 0 spiro atoms. The molecule has 23 heavy (non-hydrogen) atoms. The number of hydrogen-bond acceptors (Lipinski definition) is 4. The molecule has 0 aliphatic rings. The lowest BCUT2D eigenvalue weighted by atomic mass is 10.3. The second-order valence-corrected chi connectivity index (χ2v) is 6.71. The van der Waals surface area contributed by atoms with Gasteiger partial charge < -0.3 is 0 Å². The first-order valence-electron chi connectivity index (χ1n) is 7.03. The van der Waals surface area contributed by atoms with Gasteiger partial charge in [0, 0.05) is 12.4 Å². The van der Waals surface area contributed by atoms with E-state index in [-0.39, 0.29) is 4.90 Å². The quantitative estimate of drug-likeness (QED) is 0.799. The molecule has 0 saturated carbocycles. The van der Waals surface area contributed by atoms with Gasteiger partial charge in [0.15, 0.2) is 0 Å². The van der Waals surface area contributed by atoms with Gasteiger partial charge in [-0.15, -0.1) is 0 Å². The van der Waals surface area contributed by atoms with Gasteiger partial charge in [-0.25, -0.2) is 13.1 Å². The van der Waals surface area contributed by atoms with E-state index in [1.165, 1.54) is 12.4 Å². The highest BCUT2D eigenvalue weighted by molar-refractivity contribution is 7.92. The van der Waals surface area contributed by atoms with Crippen LogP contribution in [0.15, 0.2) is 59.8 Å². The first-order chi connectivity index (χ1) is 11.0. The Hall–Kier alpha value is -2.67. The highest BCUT2D eigenvalue weighted by Gasteiger charge is 2.25. The lowest BCUT2D eigenvalue weighted by molar-refractivity contribution is 0.600. The van der Waals surface area contributed by atoms with E-state index in [0.29, 0.717) is 17.1 Å². The minimum Gasteiger partial charge on any atom is -0.279 e. The zero-order valence-corrected chi connectivity index (χ0v) is 13.6. The minimum atomic E-state index is -3.72. The number of benzene rings is 1. The Morgan fingerprint density at radius 2 is 1.65 bits per heavy atom. The normalized spacial score (nSPS) is 11.4. The summed E-state index contributed by atoms with van der Waals surface area (Å²) >= 11 is 0. The number of aryl methyl sites for hydroxylation is 1. The van der Waals surface area contributed by atoms with Crippen LogP contribution >= 0.6 is 0 Å². The molecular weight excluding hydrogens is 312 g/mol. The van der Waals surface area contributed by atoms with E-state index in [1.54, 1.807) is 30.7 Å². The fourth-order valence-corrected chi connectivity index (χ4v) is 3.92. The number of nitrogens with zero attached hydrogens (tertiary/aromatic N) is 3. The van der Waals surface area contributed by atoms with Crippen molar-refractivity contribution in [1.82, 2.24) is 14.8 Å². The van der Waals surface area contributed by atoms with E-state index >= 15 is 0 Å². The van der Waals surface area contributed by atoms with Crippen LogP contribution in [0.1, 0.15) is 11.4 Å². The molecule has 0 radical (unpaired) electrons. The molecule has 1 N–H and O–H groups in total. The van der Waals surface area contributed by atoms with Gasteiger partial charge in [-0.2, -0.15) is 5.10 Å². The number of para-hydroxylation sites is 1. The number of hydrogen-bond donors (Lipinski definition) is 1. The molecule has 3 rings (SSSR count). The highest BCUT2D eigenvalue weighted by atomic mass is 32.2. The molecule has 2 heterocycles. The topological polar surface area (TPSA) is 76.9 Å². The van der Waals surface area contributed by atoms with E-state index in [1.807, 2.05) is 30.3 Å². The van der Waals surface area contributed by atoms with Crippen LogP contribution in [0, 0.1) is 13.8 Å². The third kappa shape index (κ3) is 2.95. The molecule has 0 aliphatic heterocycles. The number of nitrogens with one attached hydrogen (secondary N) is 1. The fourth-order valence-electron chi connectivity index (χ4n) is 2.46. The Balaban J connectivity index is 2.05. The zero-order chi connectivity index (χ0) is 16.4. The second kappa shape index (κ2) is 5.85. The fraction of sp³-hybridized carbons (Fsp3) is 0.125. The SMILES string of the molecule is Cc1nn(-c2ccccc2)c(C)c1S(=O)(=O)Nc1ccncc1. The van der Waals surface area contributed by atoms with Crippen LogP contribution in [0.25, 0.3) is 5.69 Å². The lowest BCUT2D eigenvalue weighted by Gasteiger charge is -2.08. The van der Waals surface area contributed by atoms with E-state index < -0.39 is 10.0 Å². The van der Waals surface area contributed by atoms with E-state index in [9.17, 15) is 8.42 Å². The average Bonchev–Trinajstić information content (AvgIpc) is 2.84. The van der Waals surface area contributed by atoms with Gasteiger partial charge in [-0.1, -0.05) is 18.2 Å². The van der Waals surface area contributed by atoms with Crippen molar-refractivity contribution in [2.45, 2.75) is 18.7 Å². The second-order valence-electron chi connectivity index (χ2n) is 5.09. The predicted octanol–water partition coefficient (Wildman–Crippen LogP) is 2.68. The van der Waals surface area contributed by atoms with Gasteiger partial charge in [0.2, 0.25) is 0 Å². The minimum absolute atomic E-state index is 0.193. The van der Waals surface area contributed by atoms with Crippen LogP contribution in [0.5, 0.6) is 0 Å². The van der Waals surface area contributed by atoms with Crippen molar-refractivity contribution in [2.75, 3.05) is 4.72 Å². The summed E-state index contributed by atoms with van der Waals surface area (Å²) in [7, 11) is -3.72. The van der Waals surface area contributed by atoms with Gasteiger partial charge in [-0.05, 0) is 38.1 Å². The number of aromatic nitrogens is 3. The highest BCUT2D eigenvalue weighted by Crippen LogP contribution is 2.24. The van der Waals surface area contributed by atoms with Crippen molar-refractivity contribution in [3.05, 3.63) is 66.2 Å². The molecule has 6 nitrogen and oxygen atoms in total. The van der Waals surface area contributed by atoms with Crippen LogP contribution in [0.2, 0.25) is 0 Å². The molecule has 0 atom stereocenters. The summed E-state index contributed by atoms with van der Waals surface area (Å²) in [5.41, 5.74) is 2.30. The zero-order valence-electron chi connectivity index (χ0n) is 12.8. The third-order valence-corrected chi connectivity index (χ3v) is 5.06. The molecule has 0 unspecified atom stereocenters. The van der Waals surface area contributed by atoms with Gasteiger partial charge >= 0.3 is 0 Å². The summed E-state index contributed by atoms with van der Waals surface area (Å²) in [5, 5.41) is 4.37. The maximum atomic E-state index is 12.7. The van der Waals surface area contributed by atoms with Crippen LogP contribution in [-0.2, 0) is 10.0 Å². The first-order valence-corrected chi connectivity index (χ1v) is 8.52. The summed E-state index contributed by atoms with van der Waals surface area (Å²) in [6.45, 7) is 3.43. The first kappa shape index (κ1) is 15.2. The Kier molecular flexibility index (Phi) is 3.87. The van der Waals surface area contributed by atoms with Crippen molar-refractivity contribution >= 4 is 15.7 Å². The third-order valence-electron chi connectivity index (χ3n) is 3.43. The molecule has 0 aliphatic carbocycles. The molecule has 0 saturated heterocycles. The van der Waals surface area contributed by atoms with E-state index in [4.69, 9.17) is 0 Å². The summed E-state index contributed by atoms with van der Waals surface area (Å²) in [5.74, 6) is 0. The van der Waals surface area contributed by atoms with Crippen LogP contribution < -0.4 is 4.72 Å². The van der Waals surface area contributed by atoms with Crippen LogP contribution in [-0.4, -0.2) is 23.2 Å². The number of sulfonamides is 1. The molecule has 2 aromatic heterocycles. The Bertz CT molecular complexity index is 919. The van der Waals surface area contributed by atoms with Crippen LogP contribution in [0.4, 0.5) is 5.69 Å². The number of pyridine rings is 1. The average molecular weight is 328 g/mol. The Morgan fingerprint density at radius 1 is 1.00 bits per heavy atom. The molecule has 0 fully saturated rings. The molecule has 1 aromatic carbocycles. The molecule has 0 bridgehead atoms. The molecular formula is C16H16N4O2S. The largest absolute Gasteiger partial charge is 0.279 e. The number of rotatable bonds is 4. The van der Waals surface area contributed by atoms with Gasteiger partial charge in [0.05, 0.1) is 22.8 Å². The number of anilines is 1. The van der Waals surface area contributed by atoms with Gasteiger partial charge in [0.1, 0.15) is 4.90 Å². The monoisotopic (exact) mass is 328 g/mol. The maximum absolute atomic E-state index is 12.7. The van der Waals surface area contributed by atoms with E-state index in [2.05, 4.69) is 14.8 Å². The van der Waals surface area contributed by atoms with Crippen molar-refractivity contribution in [1.29, 1.82) is 0 Å². The van der Waals surface area contributed by atoms with Gasteiger partial charge in [-0.3, -0.25) is 9.71 Å². The lowest BCUT2D eigenvalue weighted by Crippen LogP contribution is -2.15. The van der Waals surface area contributed by atoms with Crippen molar-refractivity contribution in [2.24, 2.45) is 0 Å². The van der Waals surface area contributed by atoms with Gasteiger partial charge in [0.25, 0.3) is 10.0 Å². The Labute approximate surface area is 134 Å².